The molecule has 1 aliphatic rings. The van der Waals surface area contributed by atoms with Crippen LogP contribution in [0.3, 0.4) is 0 Å². The van der Waals surface area contributed by atoms with Gasteiger partial charge >= 0.3 is 0 Å². The summed E-state index contributed by atoms with van der Waals surface area (Å²) in [5.74, 6) is -0.616. The number of ether oxygens (including phenoxy) is 1. The Bertz CT molecular complexity index is 1200. The minimum absolute atomic E-state index is 0.100. The van der Waals surface area contributed by atoms with E-state index in [1.165, 1.54) is 29.2 Å². The standard InChI is InChI=1S/C29H29Cl2FN2O3/c30-25-15-10-21(16-26(25)31)18-34(28(35)19-37-24-13-11-22(32)12-14-24)27(17-20-6-2-1-3-7-20)29(36)33-23-8-4-5-9-23/h1-3,6-7,10-16,23,27H,4-5,8-9,17-19H2,(H,33,36)/t27-/m0/s1. The second-order valence-corrected chi connectivity index (χ2v) is 10.0. The fourth-order valence-electron chi connectivity index (χ4n) is 4.51. The maximum atomic E-state index is 13.6. The van der Waals surface area contributed by atoms with Crippen molar-refractivity contribution in [1.82, 2.24) is 10.2 Å². The van der Waals surface area contributed by atoms with Crippen LogP contribution in [0.4, 0.5) is 4.39 Å². The molecule has 0 bridgehead atoms. The first-order chi connectivity index (χ1) is 17.9. The van der Waals surface area contributed by atoms with E-state index in [0.717, 1.165) is 36.8 Å². The minimum atomic E-state index is -0.776. The SMILES string of the molecule is O=C(NC1CCCC1)[C@H](Cc1ccccc1)N(Cc1ccc(Cl)c(Cl)c1)C(=O)COc1ccc(F)cc1. The Morgan fingerprint density at radius 1 is 0.946 bits per heavy atom. The average Bonchev–Trinajstić information content (AvgIpc) is 3.41. The molecule has 3 aromatic rings. The Labute approximate surface area is 226 Å². The summed E-state index contributed by atoms with van der Waals surface area (Å²) in [6.07, 6.45) is 4.34. The third-order valence-electron chi connectivity index (χ3n) is 6.49. The van der Waals surface area contributed by atoms with Crippen LogP contribution < -0.4 is 10.1 Å². The summed E-state index contributed by atoms with van der Waals surface area (Å²) in [5.41, 5.74) is 1.66. The largest absolute Gasteiger partial charge is 0.484 e. The lowest BCUT2D eigenvalue weighted by Crippen LogP contribution is -2.53. The highest BCUT2D eigenvalue weighted by molar-refractivity contribution is 6.42. The van der Waals surface area contributed by atoms with E-state index in [2.05, 4.69) is 5.32 Å². The van der Waals surface area contributed by atoms with Crippen LogP contribution in [-0.4, -0.2) is 35.4 Å². The molecule has 0 aliphatic heterocycles. The number of nitrogens with zero attached hydrogens (tertiary/aromatic N) is 1. The van der Waals surface area contributed by atoms with E-state index >= 15 is 0 Å². The van der Waals surface area contributed by atoms with Crippen LogP contribution >= 0.6 is 23.2 Å². The van der Waals surface area contributed by atoms with Crippen molar-refractivity contribution in [3.05, 3.63) is 99.8 Å². The first-order valence-electron chi connectivity index (χ1n) is 12.3. The second kappa shape index (κ2) is 12.9. The Kier molecular flexibility index (Phi) is 9.42. The van der Waals surface area contributed by atoms with E-state index < -0.39 is 11.9 Å². The normalized spacial score (nSPS) is 14.2. The molecule has 4 rings (SSSR count). The number of carbonyl (C=O) groups excluding carboxylic acids is 2. The summed E-state index contributed by atoms with van der Waals surface area (Å²) in [6.45, 7) is -0.174. The van der Waals surface area contributed by atoms with Crippen molar-refractivity contribution in [2.24, 2.45) is 0 Å². The Morgan fingerprint density at radius 2 is 1.65 bits per heavy atom. The van der Waals surface area contributed by atoms with Gasteiger partial charge in [-0.25, -0.2) is 4.39 Å². The molecule has 1 fully saturated rings. The molecule has 8 heteroatoms. The topological polar surface area (TPSA) is 58.6 Å². The number of hydrogen-bond donors (Lipinski definition) is 1. The number of halogens is 3. The first kappa shape index (κ1) is 27.0. The van der Waals surface area contributed by atoms with E-state index in [1.807, 2.05) is 30.3 Å². The lowest BCUT2D eigenvalue weighted by molar-refractivity contribution is -0.143. The molecule has 0 aromatic heterocycles. The molecule has 2 amide bonds. The first-order valence-corrected chi connectivity index (χ1v) is 13.1. The van der Waals surface area contributed by atoms with Crippen LogP contribution in [0.5, 0.6) is 5.75 Å². The summed E-state index contributed by atoms with van der Waals surface area (Å²) in [4.78, 5) is 28.8. The van der Waals surface area contributed by atoms with E-state index in [9.17, 15) is 14.0 Å². The molecule has 194 valence electrons. The van der Waals surface area contributed by atoms with Crippen LogP contribution in [0.25, 0.3) is 0 Å². The van der Waals surface area contributed by atoms with Crippen molar-refractivity contribution in [1.29, 1.82) is 0 Å². The van der Waals surface area contributed by atoms with Gasteiger partial charge in [-0.2, -0.15) is 0 Å². The number of rotatable bonds is 10. The van der Waals surface area contributed by atoms with Crippen LogP contribution in [0, 0.1) is 5.82 Å². The Balaban J connectivity index is 1.62. The van der Waals surface area contributed by atoms with Crippen LogP contribution in [0.15, 0.2) is 72.8 Å². The summed E-state index contributed by atoms with van der Waals surface area (Å²) in [7, 11) is 0. The zero-order chi connectivity index (χ0) is 26.2. The van der Waals surface area contributed by atoms with Gasteiger partial charge < -0.3 is 15.0 Å². The maximum absolute atomic E-state index is 13.6. The molecular weight excluding hydrogens is 514 g/mol. The number of carbonyl (C=O) groups is 2. The molecular formula is C29H29Cl2FN2O3. The molecule has 1 aliphatic carbocycles. The van der Waals surface area contributed by atoms with E-state index in [0.29, 0.717) is 22.2 Å². The van der Waals surface area contributed by atoms with Gasteiger partial charge in [-0.1, -0.05) is 72.4 Å². The van der Waals surface area contributed by atoms with Crippen molar-refractivity contribution in [3.8, 4) is 5.75 Å². The van der Waals surface area contributed by atoms with Gasteiger partial charge in [-0.05, 0) is 60.4 Å². The minimum Gasteiger partial charge on any atom is -0.484 e. The van der Waals surface area contributed by atoms with Gasteiger partial charge in [0, 0.05) is 19.0 Å². The van der Waals surface area contributed by atoms with Crippen molar-refractivity contribution in [2.75, 3.05) is 6.61 Å². The molecule has 0 heterocycles. The lowest BCUT2D eigenvalue weighted by Gasteiger charge is -2.32. The van der Waals surface area contributed by atoms with Crippen molar-refractivity contribution < 1.29 is 18.7 Å². The molecule has 37 heavy (non-hydrogen) atoms. The van der Waals surface area contributed by atoms with E-state index in [4.69, 9.17) is 27.9 Å². The molecule has 3 aromatic carbocycles. The molecule has 0 unspecified atom stereocenters. The molecule has 1 atom stereocenters. The number of amides is 2. The summed E-state index contributed by atoms with van der Waals surface area (Å²) in [6, 6.07) is 19.5. The zero-order valence-corrected chi connectivity index (χ0v) is 21.9. The maximum Gasteiger partial charge on any atom is 0.261 e. The Hall–Kier alpha value is -3.09. The molecule has 0 saturated heterocycles. The predicted octanol–water partition coefficient (Wildman–Crippen LogP) is 6.21. The smallest absolute Gasteiger partial charge is 0.261 e. The molecule has 0 radical (unpaired) electrons. The third kappa shape index (κ3) is 7.70. The predicted molar refractivity (Wildman–Crippen MR) is 143 cm³/mol. The molecule has 1 N–H and O–H groups in total. The van der Waals surface area contributed by atoms with Crippen molar-refractivity contribution in [3.63, 3.8) is 0 Å². The van der Waals surface area contributed by atoms with Crippen LogP contribution in [-0.2, 0) is 22.6 Å². The van der Waals surface area contributed by atoms with Gasteiger partial charge in [0.2, 0.25) is 5.91 Å². The third-order valence-corrected chi connectivity index (χ3v) is 7.22. The fourth-order valence-corrected chi connectivity index (χ4v) is 4.84. The van der Waals surface area contributed by atoms with Crippen LogP contribution in [0.1, 0.15) is 36.8 Å². The summed E-state index contributed by atoms with van der Waals surface area (Å²) in [5, 5.41) is 3.93. The highest BCUT2D eigenvalue weighted by Gasteiger charge is 2.32. The van der Waals surface area contributed by atoms with Gasteiger partial charge in [0.15, 0.2) is 6.61 Å². The zero-order valence-electron chi connectivity index (χ0n) is 20.3. The van der Waals surface area contributed by atoms with Gasteiger partial charge in [0.1, 0.15) is 17.6 Å². The summed E-state index contributed by atoms with van der Waals surface area (Å²) >= 11 is 12.3. The average molecular weight is 543 g/mol. The van der Waals surface area contributed by atoms with Gasteiger partial charge in [-0.15, -0.1) is 0 Å². The summed E-state index contributed by atoms with van der Waals surface area (Å²) < 4.78 is 19.0. The molecule has 1 saturated carbocycles. The quantitative estimate of drug-likeness (QED) is 0.331. The van der Waals surface area contributed by atoms with Gasteiger partial charge in [0.25, 0.3) is 5.91 Å². The number of benzene rings is 3. The van der Waals surface area contributed by atoms with Gasteiger partial charge in [0.05, 0.1) is 10.0 Å². The molecule has 5 nitrogen and oxygen atoms in total. The second-order valence-electron chi connectivity index (χ2n) is 9.21. The van der Waals surface area contributed by atoms with E-state index in [1.54, 1.807) is 18.2 Å². The number of nitrogens with one attached hydrogen (secondary N) is 1. The number of hydrogen-bond acceptors (Lipinski definition) is 3. The van der Waals surface area contributed by atoms with Crippen LogP contribution in [0.2, 0.25) is 10.0 Å². The highest BCUT2D eigenvalue weighted by atomic mass is 35.5. The lowest BCUT2D eigenvalue weighted by atomic mass is 10.0. The van der Waals surface area contributed by atoms with Crippen molar-refractivity contribution in [2.45, 2.75) is 50.7 Å². The Morgan fingerprint density at radius 3 is 2.32 bits per heavy atom. The van der Waals surface area contributed by atoms with E-state index in [-0.39, 0.29) is 31.0 Å². The highest BCUT2D eigenvalue weighted by Crippen LogP contribution is 2.25. The monoisotopic (exact) mass is 542 g/mol. The molecule has 0 spiro atoms. The van der Waals surface area contributed by atoms with Crippen molar-refractivity contribution >= 4 is 35.0 Å². The fraction of sp³-hybridized carbons (Fsp3) is 0.310. The van der Waals surface area contributed by atoms with Gasteiger partial charge in [-0.3, -0.25) is 9.59 Å².